The third kappa shape index (κ3) is 2.71. The Morgan fingerprint density at radius 3 is 2.28 bits per heavy atom. The van der Waals surface area contributed by atoms with Crippen LogP contribution in [0.3, 0.4) is 0 Å². The highest BCUT2D eigenvalue weighted by Gasteiger charge is 2.46. The Kier molecular flexibility index (Phi) is 4.02. The predicted octanol–water partition coefficient (Wildman–Crippen LogP) is 5.66. The molecule has 0 fully saturated rings. The second kappa shape index (κ2) is 6.34. The van der Waals surface area contributed by atoms with Crippen LogP contribution in [0.4, 0.5) is 10.1 Å². The van der Waals surface area contributed by atoms with Crippen LogP contribution in [0.15, 0.2) is 83.9 Å². The minimum absolute atomic E-state index is 0.416. The van der Waals surface area contributed by atoms with Crippen molar-refractivity contribution in [2.24, 2.45) is 4.99 Å². The number of alkyl halides is 1. The Labute approximate surface area is 150 Å². The minimum atomic E-state index is -1.16. The maximum atomic E-state index is 14.3. The number of aliphatic imine (C=N–C) groups is 1. The zero-order valence-corrected chi connectivity index (χ0v) is 14.1. The summed E-state index contributed by atoms with van der Waals surface area (Å²) in [4.78, 5) is 4.58. The molecular weight excluding hydrogens is 337 g/mol. The monoisotopic (exact) mass is 351 g/mol. The quantitative estimate of drug-likeness (QED) is 0.596. The number of rotatable bonds is 3. The van der Waals surface area contributed by atoms with Gasteiger partial charge in [-0.05, 0) is 30.3 Å². The van der Waals surface area contributed by atoms with Crippen LogP contribution < -0.4 is 0 Å². The standard InChI is InChI=1S/C21H15ClFNO/c22-16-10-12-17(13-11-16)24-20-18-8-4-5-9-19(18)21(14-23,25-20)15-6-2-1-3-7-15/h1-13H,14H2. The van der Waals surface area contributed by atoms with Crippen LogP contribution in [-0.2, 0) is 10.3 Å². The van der Waals surface area contributed by atoms with Crippen molar-refractivity contribution < 1.29 is 9.13 Å². The van der Waals surface area contributed by atoms with Gasteiger partial charge in [0, 0.05) is 21.7 Å². The van der Waals surface area contributed by atoms with Crippen molar-refractivity contribution in [3.8, 4) is 0 Å². The maximum absolute atomic E-state index is 14.3. The van der Waals surface area contributed by atoms with Crippen molar-refractivity contribution in [3.63, 3.8) is 0 Å². The fourth-order valence-electron chi connectivity index (χ4n) is 3.11. The van der Waals surface area contributed by atoms with E-state index in [1.54, 1.807) is 24.3 Å². The molecule has 1 aliphatic heterocycles. The number of fused-ring (bicyclic) bond motifs is 1. The number of hydrogen-bond donors (Lipinski definition) is 0. The molecule has 1 aliphatic rings. The van der Waals surface area contributed by atoms with Crippen molar-refractivity contribution in [2.45, 2.75) is 5.60 Å². The van der Waals surface area contributed by atoms with E-state index in [1.807, 2.05) is 54.6 Å². The van der Waals surface area contributed by atoms with Gasteiger partial charge in [0.25, 0.3) is 0 Å². The van der Waals surface area contributed by atoms with Crippen LogP contribution in [0.2, 0.25) is 5.02 Å². The molecule has 0 amide bonds. The molecule has 0 N–H and O–H groups in total. The van der Waals surface area contributed by atoms with E-state index in [1.165, 1.54) is 0 Å². The van der Waals surface area contributed by atoms with Crippen LogP contribution in [0.1, 0.15) is 16.7 Å². The van der Waals surface area contributed by atoms with Gasteiger partial charge in [-0.15, -0.1) is 0 Å². The van der Waals surface area contributed by atoms with Crippen molar-refractivity contribution in [1.82, 2.24) is 0 Å². The molecule has 0 aliphatic carbocycles. The Bertz CT molecular complexity index is 924. The number of halogens is 2. The highest BCUT2D eigenvalue weighted by Crippen LogP contribution is 2.43. The lowest BCUT2D eigenvalue weighted by Crippen LogP contribution is -2.30. The molecule has 0 saturated heterocycles. The molecule has 0 aromatic heterocycles. The van der Waals surface area contributed by atoms with E-state index < -0.39 is 12.3 Å². The number of benzene rings is 3. The molecule has 3 aromatic rings. The van der Waals surface area contributed by atoms with Gasteiger partial charge in [-0.1, -0.05) is 60.1 Å². The zero-order chi connectivity index (χ0) is 17.3. The third-order valence-electron chi connectivity index (χ3n) is 4.35. The van der Waals surface area contributed by atoms with E-state index in [9.17, 15) is 4.39 Å². The molecule has 2 nitrogen and oxygen atoms in total. The molecule has 25 heavy (non-hydrogen) atoms. The lowest BCUT2D eigenvalue weighted by Gasteiger charge is -2.26. The second-order valence-corrected chi connectivity index (χ2v) is 6.30. The average Bonchev–Trinajstić information content (AvgIpc) is 2.99. The largest absolute Gasteiger partial charge is 0.458 e. The summed E-state index contributed by atoms with van der Waals surface area (Å²) in [7, 11) is 0. The Balaban J connectivity index is 1.86. The molecule has 3 aromatic carbocycles. The predicted molar refractivity (Wildman–Crippen MR) is 98.4 cm³/mol. The Morgan fingerprint density at radius 1 is 0.880 bits per heavy atom. The van der Waals surface area contributed by atoms with Crippen molar-refractivity contribution in [2.75, 3.05) is 6.67 Å². The molecule has 4 rings (SSSR count). The van der Waals surface area contributed by atoms with Gasteiger partial charge in [0.2, 0.25) is 5.90 Å². The summed E-state index contributed by atoms with van der Waals surface area (Å²) in [6.45, 7) is -0.673. The van der Waals surface area contributed by atoms with E-state index >= 15 is 0 Å². The van der Waals surface area contributed by atoms with E-state index in [-0.39, 0.29) is 0 Å². The van der Waals surface area contributed by atoms with Crippen molar-refractivity contribution in [1.29, 1.82) is 0 Å². The molecule has 0 radical (unpaired) electrons. The van der Waals surface area contributed by atoms with Gasteiger partial charge in [-0.3, -0.25) is 0 Å². The van der Waals surface area contributed by atoms with E-state index in [4.69, 9.17) is 16.3 Å². The number of hydrogen-bond acceptors (Lipinski definition) is 2. The molecule has 124 valence electrons. The summed E-state index contributed by atoms with van der Waals surface area (Å²) in [6.07, 6.45) is 0. The highest BCUT2D eigenvalue weighted by atomic mass is 35.5. The highest BCUT2D eigenvalue weighted by molar-refractivity contribution is 6.30. The van der Waals surface area contributed by atoms with E-state index in [0.29, 0.717) is 16.6 Å². The van der Waals surface area contributed by atoms with Gasteiger partial charge < -0.3 is 4.74 Å². The van der Waals surface area contributed by atoms with Crippen LogP contribution in [0, 0.1) is 0 Å². The van der Waals surface area contributed by atoms with Crippen LogP contribution in [0.5, 0.6) is 0 Å². The van der Waals surface area contributed by atoms with Crippen LogP contribution in [0.25, 0.3) is 0 Å². The SMILES string of the molecule is FCC1(c2ccccc2)OC(=Nc2ccc(Cl)cc2)c2ccccc21. The van der Waals surface area contributed by atoms with E-state index in [2.05, 4.69) is 4.99 Å². The molecule has 0 spiro atoms. The number of ether oxygens (including phenoxy) is 1. The smallest absolute Gasteiger partial charge is 0.223 e. The topological polar surface area (TPSA) is 21.6 Å². The van der Waals surface area contributed by atoms with Gasteiger partial charge >= 0.3 is 0 Å². The Morgan fingerprint density at radius 2 is 1.56 bits per heavy atom. The Hall–Kier alpha value is -2.65. The molecule has 1 heterocycles. The molecule has 0 saturated carbocycles. The van der Waals surface area contributed by atoms with Crippen molar-refractivity contribution in [3.05, 3.63) is 101 Å². The van der Waals surface area contributed by atoms with Gasteiger partial charge in [0.05, 0.1) is 5.69 Å². The normalized spacial score (nSPS) is 20.3. The van der Waals surface area contributed by atoms with Crippen LogP contribution >= 0.6 is 11.6 Å². The lowest BCUT2D eigenvalue weighted by atomic mass is 9.87. The number of nitrogens with zero attached hydrogens (tertiary/aromatic N) is 1. The summed E-state index contributed by atoms with van der Waals surface area (Å²) in [6, 6.07) is 24.2. The van der Waals surface area contributed by atoms with Crippen LogP contribution in [-0.4, -0.2) is 12.6 Å². The van der Waals surface area contributed by atoms with E-state index in [0.717, 1.165) is 16.7 Å². The summed E-state index contributed by atoms with van der Waals surface area (Å²) in [5.74, 6) is 0.416. The molecule has 4 heteroatoms. The van der Waals surface area contributed by atoms with Gasteiger partial charge in [0.1, 0.15) is 6.67 Å². The minimum Gasteiger partial charge on any atom is -0.458 e. The fourth-order valence-corrected chi connectivity index (χ4v) is 3.24. The maximum Gasteiger partial charge on any atom is 0.223 e. The summed E-state index contributed by atoms with van der Waals surface area (Å²) < 4.78 is 20.4. The summed E-state index contributed by atoms with van der Waals surface area (Å²) >= 11 is 5.93. The zero-order valence-electron chi connectivity index (χ0n) is 13.3. The van der Waals surface area contributed by atoms with Gasteiger partial charge in [0.15, 0.2) is 5.60 Å². The van der Waals surface area contributed by atoms with Gasteiger partial charge in [-0.25, -0.2) is 9.38 Å². The molecule has 1 atom stereocenters. The third-order valence-corrected chi connectivity index (χ3v) is 4.60. The molecule has 0 bridgehead atoms. The fraction of sp³-hybridized carbons (Fsp3) is 0.0952. The molecular formula is C21H15ClFNO. The molecule has 1 unspecified atom stereocenters. The lowest BCUT2D eigenvalue weighted by molar-refractivity contribution is 0.0805. The first kappa shape index (κ1) is 15.9. The average molecular weight is 352 g/mol. The first-order valence-corrected chi connectivity index (χ1v) is 8.35. The summed E-state index contributed by atoms with van der Waals surface area (Å²) in [5.41, 5.74) is 1.90. The summed E-state index contributed by atoms with van der Waals surface area (Å²) in [5, 5.41) is 0.638. The first-order chi connectivity index (χ1) is 12.2. The second-order valence-electron chi connectivity index (χ2n) is 5.87. The first-order valence-electron chi connectivity index (χ1n) is 7.97. The van der Waals surface area contributed by atoms with Crippen molar-refractivity contribution >= 4 is 23.2 Å². The van der Waals surface area contributed by atoms with Gasteiger partial charge in [-0.2, -0.15) is 0 Å².